The van der Waals surface area contributed by atoms with E-state index >= 15 is 0 Å². The summed E-state index contributed by atoms with van der Waals surface area (Å²) >= 11 is 0. The van der Waals surface area contributed by atoms with E-state index in [0.717, 1.165) is 38.9 Å². The number of hydrogen-bond donors (Lipinski definition) is 0. The van der Waals surface area contributed by atoms with Crippen molar-refractivity contribution < 1.29 is 35.0 Å². The summed E-state index contributed by atoms with van der Waals surface area (Å²) in [5.41, 5.74) is 1.17. The molecule has 4 nitrogen and oxygen atoms in total. The molecule has 2 atom stereocenters. The molecular weight excluding hydrogens is 730 g/mol. The van der Waals surface area contributed by atoms with Crippen LogP contribution < -0.4 is 0 Å². The van der Waals surface area contributed by atoms with Crippen LogP contribution in [0.1, 0.15) is 226 Å². The molecule has 0 aliphatic carbocycles. The fourth-order valence-electron chi connectivity index (χ4n) is 6.16. The molecule has 6 heteroatoms. The van der Waals surface area contributed by atoms with Gasteiger partial charge in [0.1, 0.15) is 6.10 Å². The van der Waals surface area contributed by atoms with Crippen molar-refractivity contribution in [3.63, 3.8) is 0 Å². The van der Waals surface area contributed by atoms with E-state index in [1.54, 1.807) is 0 Å². The second-order valence-electron chi connectivity index (χ2n) is 14.9. The van der Waals surface area contributed by atoms with Gasteiger partial charge in [-0.1, -0.05) is 225 Å². The Bertz CT molecular complexity index is 739. The first kappa shape index (κ1) is 58.3. The van der Waals surface area contributed by atoms with Gasteiger partial charge in [0.05, 0.1) is 19.8 Å². The zero-order chi connectivity index (χ0) is 39.0. The molecule has 0 aliphatic rings. The van der Waals surface area contributed by atoms with Crippen molar-refractivity contribution in [1.82, 2.24) is 0 Å². The summed E-state index contributed by atoms with van der Waals surface area (Å²) < 4.78 is 23.9. The second-order valence-corrected chi connectivity index (χ2v) is 15.7. The Balaban J connectivity index is -0.00000346. The van der Waals surface area contributed by atoms with Crippen LogP contribution in [0.15, 0.2) is 30.3 Å². The molecule has 0 saturated carbocycles. The van der Waals surface area contributed by atoms with Gasteiger partial charge in [-0.3, -0.25) is 0 Å². The maximum absolute atomic E-state index is 6.24. The molecule has 0 N–H and O–H groups in total. The Hall–Kier alpha value is -0.0165. The molecule has 0 bridgehead atoms. The molecule has 0 saturated heterocycles. The molecule has 54 heavy (non-hydrogen) atoms. The summed E-state index contributed by atoms with van der Waals surface area (Å²) in [6, 6.07) is 10.3. The van der Waals surface area contributed by atoms with Gasteiger partial charge in [-0.25, -0.2) is 0 Å². The number of unbranched alkanes of at least 4 members (excludes halogenated alkanes) is 26. The van der Waals surface area contributed by atoms with Gasteiger partial charge < -0.3 is 32.4 Å². The van der Waals surface area contributed by atoms with E-state index in [2.05, 4.69) is 39.8 Å². The van der Waals surface area contributed by atoms with Gasteiger partial charge in [-0.2, -0.15) is 12.8 Å². The molecule has 0 aromatic heterocycles. The smallest absolute Gasteiger partial charge is 0.379 e. The monoisotopic (exact) mass is 823 g/mol. The number of rotatable bonds is 39. The largest absolute Gasteiger partial charge is 2.00 e. The third-order valence-corrected chi connectivity index (χ3v) is 9.81. The summed E-state index contributed by atoms with van der Waals surface area (Å²) in [7, 11) is 0.0226. The third kappa shape index (κ3) is 52.0. The van der Waals surface area contributed by atoms with Crippen molar-refractivity contribution in [2.45, 2.75) is 233 Å². The van der Waals surface area contributed by atoms with E-state index in [9.17, 15) is 0 Å². The van der Waals surface area contributed by atoms with E-state index in [-0.39, 0.29) is 31.6 Å². The van der Waals surface area contributed by atoms with E-state index in [0.29, 0.717) is 19.8 Å². The minimum absolute atomic E-state index is 0. The average Bonchev–Trinajstić information content (AvgIpc) is 3.16. The molecule has 0 radical (unpaired) electrons. The molecule has 0 heterocycles. The predicted octanol–water partition coefficient (Wildman–Crippen LogP) is 16.6. The maximum Gasteiger partial charge on any atom is 2.00 e. The van der Waals surface area contributed by atoms with Crippen LogP contribution in [-0.2, 0) is 41.6 Å². The van der Waals surface area contributed by atoms with Gasteiger partial charge in [0.25, 0.3) is 0 Å². The van der Waals surface area contributed by atoms with Crippen LogP contribution in [0.25, 0.3) is 0 Å². The summed E-state index contributed by atoms with van der Waals surface area (Å²) in [6.45, 7) is 18.9. The minimum atomic E-state index is -0.0172. The Morgan fingerprint density at radius 2 is 0.815 bits per heavy atom. The first-order valence-corrected chi connectivity index (χ1v) is 23.8. The van der Waals surface area contributed by atoms with Crippen molar-refractivity contribution in [2.24, 2.45) is 0 Å². The van der Waals surface area contributed by atoms with Gasteiger partial charge in [0.2, 0.25) is 0 Å². The number of benzene rings is 1. The summed E-state index contributed by atoms with van der Waals surface area (Å²) in [6.07, 6.45) is 40.6. The molecule has 0 fully saturated rings. The van der Waals surface area contributed by atoms with Crippen molar-refractivity contribution in [2.75, 3.05) is 26.4 Å². The van der Waals surface area contributed by atoms with Crippen LogP contribution in [0.4, 0.5) is 0 Å². The normalized spacial score (nSPS) is 11.5. The zero-order valence-corrected chi connectivity index (χ0v) is 38.6. The Labute approximate surface area is 351 Å². The van der Waals surface area contributed by atoms with Gasteiger partial charge in [-0.05, 0) is 18.4 Å². The molecule has 1 rings (SSSR count). The molecule has 1 aromatic rings. The second kappa shape index (κ2) is 55.1. The van der Waals surface area contributed by atoms with Crippen LogP contribution in [0, 0.1) is 13.8 Å². The summed E-state index contributed by atoms with van der Waals surface area (Å²) in [4.78, 5) is 0. The fraction of sp³-hybridized carbons (Fsp3) is 0.833. The molecule has 0 spiro atoms. The third-order valence-electron chi connectivity index (χ3n) is 9.27. The predicted molar refractivity (Wildman–Crippen MR) is 238 cm³/mol. The molecule has 1 aromatic carbocycles. The fourth-order valence-corrected chi connectivity index (χ4v) is 6.72. The molecule has 324 valence electrons. The number of ether oxygens (including phenoxy) is 2. The first-order chi connectivity index (χ1) is 26.2. The quantitative estimate of drug-likeness (QED) is 0.0287. The Morgan fingerprint density at radius 1 is 0.463 bits per heavy atom. The van der Waals surface area contributed by atoms with Crippen LogP contribution >= 0.6 is 9.03 Å². The maximum atomic E-state index is 6.24. The minimum Gasteiger partial charge on any atom is -0.379 e. The van der Waals surface area contributed by atoms with Gasteiger partial charge in [0.15, 0.2) is 9.03 Å². The SMILES string of the molecule is CCCCCCCCCCCCCCCCOC[C@H](COPOCc1ccccc1)OCCCCCCCCCCCCCCCC.[CH2-]CC.[CH2-]CC.[Ni+2]. The Kier molecular flexibility index (Phi) is 59.5. The molecule has 0 aliphatic heterocycles. The molecule has 1 unspecified atom stereocenters. The van der Waals surface area contributed by atoms with Crippen LogP contribution in [0.5, 0.6) is 0 Å². The van der Waals surface area contributed by atoms with Crippen LogP contribution in [0.3, 0.4) is 0 Å². The molecule has 0 amide bonds. The summed E-state index contributed by atoms with van der Waals surface area (Å²) in [5.74, 6) is 0. The summed E-state index contributed by atoms with van der Waals surface area (Å²) in [5, 5.41) is 0. The average molecular weight is 824 g/mol. The van der Waals surface area contributed by atoms with E-state index in [4.69, 9.17) is 18.5 Å². The van der Waals surface area contributed by atoms with Crippen LogP contribution in [0.2, 0.25) is 0 Å². The number of hydrogen-bond acceptors (Lipinski definition) is 4. The Morgan fingerprint density at radius 3 is 1.20 bits per heavy atom. The van der Waals surface area contributed by atoms with Crippen LogP contribution in [-0.4, -0.2) is 32.5 Å². The standard InChI is InChI=1S/C42H79O4P.2C3H7.Ni/c1-3-5-7-9-11-13-15-17-19-21-23-25-27-32-36-43-39-42(40-46-47-45-38-41-34-30-29-31-35-41)44-37-33-28-26-24-22-20-18-16-14-12-10-8-6-4-2;2*1-3-2;/h29-31,34-35,42,47H,3-28,32-33,36-40H2,1-2H3;2*1,3H2,2H3;/q;2*-1;+2/t42-;;;/m1.../s1. The van der Waals surface area contributed by atoms with E-state index in [1.807, 2.05) is 32.0 Å². The van der Waals surface area contributed by atoms with Crippen molar-refractivity contribution >= 4 is 9.03 Å². The van der Waals surface area contributed by atoms with Crippen molar-refractivity contribution in [3.05, 3.63) is 49.7 Å². The zero-order valence-electron chi connectivity index (χ0n) is 36.6. The van der Waals surface area contributed by atoms with E-state index in [1.165, 1.54) is 173 Å². The van der Waals surface area contributed by atoms with Gasteiger partial charge >= 0.3 is 16.5 Å². The van der Waals surface area contributed by atoms with Gasteiger partial charge in [0, 0.05) is 13.2 Å². The van der Waals surface area contributed by atoms with Crippen molar-refractivity contribution in [3.8, 4) is 0 Å². The topological polar surface area (TPSA) is 36.9 Å². The van der Waals surface area contributed by atoms with Crippen molar-refractivity contribution in [1.29, 1.82) is 0 Å². The van der Waals surface area contributed by atoms with E-state index < -0.39 is 0 Å². The van der Waals surface area contributed by atoms with Gasteiger partial charge in [-0.15, -0.1) is 0 Å². The first-order valence-electron chi connectivity index (χ1n) is 23.0. The molecular formula is C48H93NiO4P.